The van der Waals surface area contributed by atoms with Gasteiger partial charge >= 0.3 is 11.9 Å². The zero-order valence-corrected chi connectivity index (χ0v) is 39.7. The number of rotatable bonds is 17. The number of carboxylic acids is 1. The minimum atomic E-state index is -1.27. The molecule has 12 heteroatoms. The predicted molar refractivity (Wildman–Crippen MR) is 245 cm³/mol. The topological polar surface area (TPSA) is 156 Å². The molecular formula is C51H70F2N2O8. The van der Waals surface area contributed by atoms with E-state index in [0.29, 0.717) is 24.0 Å². The number of methoxy groups -OCH3 is 2. The number of aliphatic hydroxyl groups excluding tert-OH is 2. The van der Waals surface area contributed by atoms with Crippen LogP contribution < -0.4 is 0 Å². The molecular weight excluding hydrogens is 807 g/mol. The maximum Gasteiger partial charge on any atom is 0.340 e. The average Bonchev–Trinajstić information content (AvgIpc) is 3.22. The van der Waals surface area contributed by atoms with Crippen molar-refractivity contribution in [2.24, 2.45) is 5.92 Å². The number of benzene rings is 2. The van der Waals surface area contributed by atoms with Crippen molar-refractivity contribution >= 4 is 17.7 Å². The Morgan fingerprint density at radius 1 is 0.619 bits per heavy atom. The highest BCUT2D eigenvalue weighted by atomic mass is 19.1. The van der Waals surface area contributed by atoms with Gasteiger partial charge in [-0.05, 0) is 88.6 Å². The molecule has 0 aliphatic carbocycles. The summed E-state index contributed by atoms with van der Waals surface area (Å²) < 4.78 is 37.4. The zero-order chi connectivity index (χ0) is 47.9. The third-order valence-corrected chi connectivity index (χ3v) is 10.5. The highest BCUT2D eigenvalue weighted by Crippen LogP contribution is 2.39. The Balaban J connectivity index is 0.000000339. The van der Waals surface area contributed by atoms with Crippen LogP contribution in [0.1, 0.15) is 169 Å². The third kappa shape index (κ3) is 14.8. The maximum absolute atomic E-state index is 13.4. The molecule has 0 radical (unpaired) electrons. The largest absolute Gasteiger partial charge is 0.481 e. The lowest BCUT2D eigenvalue weighted by atomic mass is 9.86. The molecule has 2 aromatic carbocycles. The smallest absolute Gasteiger partial charge is 0.340 e. The second-order valence-corrected chi connectivity index (χ2v) is 17.1. The number of carbonyl (C=O) groups excluding carboxylic acids is 2. The van der Waals surface area contributed by atoms with Gasteiger partial charge in [0.05, 0.1) is 37.5 Å². The van der Waals surface area contributed by atoms with Crippen LogP contribution in [0.2, 0.25) is 0 Å². The summed E-state index contributed by atoms with van der Waals surface area (Å²) in [5.41, 5.74) is 11.6. The van der Waals surface area contributed by atoms with Gasteiger partial charge < -0.3 is 24.8 Å². The molecule has 4 rings (SSSR count). The first-order valence-electron chi connectivity index (χ1n) is 21.9. The fraction of sp³-hybridized carbons (Fsp3) is 0.510. The Morgan fingerprint density at radius 3 is 1.38 bits per heavy atom. The van der Waals surface area contributed by atoms with Crippen molar-refractivity contribution in [3.8, 4) is 22.3 Å². The van der Waals surface area contributed by atoms with Crippen molar-refractivity contribution in [1.82, 2.24) is 9.97 Å². The van der Waals surface area contributed by atoms with Crippen LogP contribution in [0, 0.1) is 17.6 Å². The van der Waals surface area contributed by atoms with Gasteiger partial charge in [0.15, 0.2) is 5.78 Å². The number of ether oxygens (including phenoxy) is 2. The van der Waals surface area contributed by atoms with Crippen molar-refractivity contribution in [3.63, 3.8) is 0 Å². The quantitative estimate of drug-likeness (QED) is 0.0873. The molecule has 3 N–H and O–H groups in total. The summed E-state index contributed by atoms with van der Waals surface area (Å²) in [7, 11) is 3.09. The van der Waals surface area contributed by atoms with Gasteiger partial charge in [-0.2, -0.15) is 0 Å². The number of Topliss-reactive ketones (excluding diaryl/α,β-unsaturated/α-hetero) is 1. The summed E-state index contributed by atoms with van der Waals surface area (Å²) in [6, 6.07) is 13.0. The van der Waals surface area contributed by atoms with E-state index in [1.165, 1.54) is 42.5 Å². The second kappa shape index (κ2) is 25.4. The average molecular weight is 877 g/mol. The van der Waals surface area contributed by atoms with Crippen molar-refractivity contribution in [2.75, 3.05) is 14.2 Å². The van der Waals surface area contributed by atoms with Crippen molar-refractivity contribution in [3.05, 3.63) is 105 Å². The SMILES string of the molecule is CC(C)C(=O)[C@@H](O)C[C@@H](O)CC(=O)O.CCc1c(C(C)C)nc(C(C)C)c(C(=O)OC)c1-c1ccc(F)cc1.CCc1c(C(C)C)nc(C(C)C)c(COC)c1-c1ccc(F)cc1. The van der Waals surface area contributed by atoms with Crippen molar-refractivity contribution in [1.29, 1.82) is 0 Å². The summed E-state index contributed by atoms with van der Waals surface area (Å²) in [4.78, 5) is 43.8. The van der Waals surface area contributed by atoms with Gasteiger partial charge in [-0.15, -0.1) is 0 Å². The lowest BCUT2D eigenvalue weighted by molar-refractivity contribution is -0.141. The highest BCUT2D eigenvalue weighted by molar-refractivity contribution is 5.99. The van der Waals surface area contributed by atoms with Crippen molar-refractivity contribution < 1.29 is 48.0 Å². The van der Waals surface area contributed by atoms with Crippen LogP contribution in [0.3, 0.4) is 0 Å². The summed E-state index contributed by atoms with van der Waals surface area (Å²) in [5.74, 6) is -1.84. The standard InChI is InChI=1S/C21H26FNO2.C21H28FNO.C9H16O5/c1-7-16-17(14-8-10-15(22)11-9-14)18(21(24)25-6)20(13(4)5)23-19(16)12(2)3;1-7-17-19(15-8-10-16(22)11-9-15)18(12-24-6)21(14(4)5)23-20(17)13(2)3;1-5(2)9(14)7(11)3-6(10)4-8(12)13/h8-13H,7H2,1-6H3;8-11,13-14H,7,12H2,1-6H3;5-7,10-11H,3-4H2,1-2H3,(H,12,13)/t;;6-,7+/m..1/s1. The van der Waals surface area contributed by atoms with E-state index in [0.717, 1.165) is 63.4 Å². The molecule has 346 valence electrons. The normalized spacial score (nSPS) is 12.2. The minimum Gasteiger partial charge on any atom is -0.481 e. The molecule has 0 saturated heterocycles. The highest BCUT2D eigenvalue weighted by Gasteiger charge is 2.28. The summed E-state index contributed by atoms with van der Waals surface area (Å²) >= 11 is 0. The Labute approximate surface area is 373 Å². The van der Waals surface area contributed by atoms with Crippen molar-refractivity contribution in [2.45, 2.75) is 151 Å². The molecule has 4 aromatic rings. The number of hydrogen-bond donors (Lipinski definition) is 3. The van der Waals surface area contributed by atoms with E-state index in [1.54, 1.807) is 33.1 Å². The Kier molecular flexibility index (Phi) is 21.9. The molecule has 10 nitrogen and oxygen atoms in total. The lowest BCUT2D eigenvalue weighted by Crippen LogP contribution is -2.30. The molecule has 0 unspecified atom stereocenters. The Morgan fingerprint density at radius 2 is 1.02 bits per heavy atom. The molecule has 0 aliphatic heterocycles. The molecule has 0 saturated carbocycles. The number of halogens is 2. The molecule has 63 heavy (non-hydrogen) atoms. The number of aliphatic hydroxyl groups is 2. The number of pyridine rings is 2. The van der Waals surface area contributed by atoms with E-state index in [-0.39, 0.29) is 41.6 Å². The number of aliphatic carboxylic acids is 1. The minimum absolute atomic E-state index is 0.0664. The van der Waals surface area contributed by atoms with Crippen LogP contribution in [0.5, 0.6) is 0 Å². The maximum atomic E-state index is 13.4. The van der Waals surface area contributed by atoms with Gasteiger partial charge in [0.1, 0.15) is 17.7 Å². The summed E-state index contributed by atoms with van der Waals surface area (Å²) in [6.45, 7) is 24.9. The van der Waals surface area contributed by atoms with Gasteiger partial charge in [-0.25, -0.2) is 13.6 Å². The van der Waals surface area contributed by atoms with E-state index >= 15 is 0 Å². The summed E-state index contributed by atoms with van der Waals surface area (Å²) in [5, 5.41) is 26.7. The number of ketones is 1. The second-order valence-electron chi connectivity index (χ2n) is 17.1. The van der Waals surface area contributed by atoms with E-state index < -0.39 is 30.6 Å². The summed E-state index contributed by atoms with van der Waals surface area (Å²) in [6.07, 6.45) is -1.50. The number of nitrogens with zero attached hydrogens (tertiary/aromatic N) is 2. The van der Waals surface area contributed by atoms with E-state index in [2.05, 4.69) is 48.5 Å². The molecule has 0 bridgehead atoms. The monoisotopic (exact) mass is 877 g/mol. The van der Waals surface area contributed by atoms with Crippen LogP contribution in [0.25, 0.3) is 22.3 Å². The van der Waals surface area contributed by atoms with Gasteiger partial charge in [-0.3, -0.25) is 19.6 Å². The van der Waals surface area contributed by atoms with E-state index in [4.69, 9.17) is 29.7 Å². The van der Waals surface area contributed by atoms with Gasteiger partial charge in [0.2, 0.25) is 0 Å². The Bertz CT molecular complexity index is 2110. The first-order valence-corrected chi connectivity index (χ1v) is 21.9. The van der Waals surface area contributed by atoms with Gasteiger partial charge in [-0.1, -0.05) is 107 Å². The molecule has 0 amide bonds. The van der Waals surface area contributed by atoms with Crippen LogP contribution in [-0.2, 0) is 38.5 Å². The van der Waals surface area contributed by atoms with Crippen LogP contribution in [0.4, 0.5) is 8.78 Å². The molecule has 0 aliphatic rings. The molecule has 0 spiro atoms. The molecule has 2 atom stereocenters. The third-order valence-electron chi connectivity index (χ3n) is 10.5. The number of hydrogen-bond acceptors (Lipinski definition) is 9. The molecule has 2 aromatic heterocycles. The number of carboxylic acid groups (broad SMARTS) is 1. The van der Waals surface area contributed by atoms with Crippen LogP contribution >= 0.6 is 0 Å². The first kappa shape index (κ1) is 54.2. The first-order chi connectivity index (χ1) is 29.6. The number of esters is 1. The molecule has 0 fully saturated rings. The fourth-order valence-electron chi connectivity index (χ4n) is 7.47. The predicted octanol–water partition coefficient (Wildman–Crippen LogP) is 11.1. The van der Waals surface area contributed by atoms with Gasteiger partial charge in [0.25, 0.3) is 0 Å². The Hall–Kier alpha value is -4.91. The number of carbonyl (C=O) groups is 3. The fourth-order valence-corrected chi connectivity index (χ4v) is 7.47. The van der Waals surface area contributed by atoms with Gasteiger partial charge in [0, 0.05) is 47.7 Å². The van der Waals surface area contributed by atoms with E-state index in [9.17, 15) is 28.3 Å². The zero-order valence-electron chi connectivity index (χ0n) is 39.7. The number of aromatic nitrogens is 2. The van der Waals surface area contributed by atoms with Crippen LogP contribution in [0.15, 0.2) is 48.5 Å². The lowest BCUT2D eigenvalue weighted by Gasteiger charge is -2.24. The molecule has 2 heterocycles. The van der Waals surface area contributed by atoms with E-state index in [1.807, 2.05) is 32.9 Å². The van der Waals surface area contributed by atoms with Crippen LogP contribution in [-0.4, -0.2) is 69.4 Å².